The van der Waals surface area contributed by atoms with E-state index in [-0.39, 0.29) is 36.0 Å². The van der Waals surface area contributed by atoms with Crippen molar-refractivity contribution in [3.63, 3.8) is 0 Å². The Morgan fingerprint density at radius 3 is 1.76 bits per heavy atom. The zero-order valence-electron chi connectivity index (χ0n) is 16.2. The van der Waals surface area contributed by atoms with E-state index in [0.29, 0.717) is 0 Å². The van der Waals surface area contributed by atoms with Gasteiger partial charge in [0, 0.05) is 36.0 Å². The van der Waals surface area contributed by atoms with Crippen LogP contribution in [0.25, 0.3) is 0 Å². The number of carbonyl (C=O) groups is 3. The number of aliphatic carboxylic acids is 1. The molecule has 0 bridgehead atoms. The van der Waals surface area contributed by atoms with Crippen LogP contribution < -0.4 is 0 Å². The summed E-state index contributed by atoms with van der Waals surface area (Å²) < 4.78 is 9.61. The molecule has 6 nitrogen and oxygen atoms in total. The molecule has 0 aliphatic heterocycles. The molecule has 0 saturated carbocycles. The van der Waals surface area contributed by atoms with E-state index >= 15 is 0 Å². The van der Waals surface area contributed by atoms with Gasteiger partial charge in [-0.3, -0.25) is 4.79 Å². The average molecular weight is 367 g/mol. The third kappa shape index (κ3) is 15.4. The summed E-state index contributed by atoms with van der Waals surface area (Å²) in [7, 11) is 0. The molecule has 0 heterocycles. The monoisotopic (exact) mass is 367 g/mol. The van der Waals surface area contributed by atoms with E-state index in [1.807, 2.05) is 0 Å². The first-order valence-corrected chi connectivity index (χ1v) is 9.01. The fourth-order valence-electron chi connectivity index (χ4n) is 2.20. The van der Waals surface area contributed by atoms with E-state index in [2.05, 4.69) is 11.7 Å². The van der Waals surface area contributed by atoms with Crippen molar-refractivity contribution in [2.24, 2.45) is 0 Å². The molecule has 7 heteroatoms. The molecule has 0 spiro atoms. The van der Waals surface area contributed by atoms with Gasteiger partial charge < -0.3 is 14.6 Å². The molecule has 0 aromatic heterocycles. The van der Waals surface area contributed by atoms with Gasteiger partial charge in [-0.05, 0) is 20.3 Å². The van der Waals surface area contributed by atoms with Crippen LogP contribution in [0.3, 0.4) is 0 Å². The van der Waals surface area contributed by atoms with E-state index < -0.39 is 30.1 Å². The molecule has 2 unspecified atom stereocenters. The van der Waals surface area contributed by atoms with Gasteiger partial charge in [0.15, 0.2) is 12.2 Å². The minimum atomic E-state index is -1.25. The first-order chi connectivity index (χ1) is 11.4. The summed E-state index contributed by atoms with van der Waals surface area (Å²) in [6, 6.07) is 0. The molecule has 0 fully saturated rings. The first kappa shape index (κ1) is 26.6. The maximum Gasteiger partial charge on any atom is 0.347 e. The predicted octanol–water partition coefficient (Wildman–Crippen LogP) is 3.47. The van der Waals surface area contributed by atoms with Gasteiger partial charge in [-0.15, -0.1) is 0 Å². The Balaban J connectivity index is 0. The van der Waals surface area contributed by atoms with Gasteiger partial charge in [0.2, 0.25) is 0 Å². The van der Waals surface area contributed by atoms with Crippen LogP contribution in [-0.4, -0.2) is 64.8 Å². The number of ether oxygens (including phenoxy) is 2. The van der Waals surface area contributed by atoms with Crippen molar-refractivity contribution in [1.29, 1.82) is 0 Å². The Kier molecular flexibility index (Phi) is 18.0. The smallest absolute Gasteiger partial charge is 0.347 e. The van der Waals surface area contributed by atoms with E-state index in [9.17, 15) is 14.4 Å². The number of rotatable bonds is 14. The topological polar surface area (TPSA) is 89.9 Å². The van der Waals surface area contributed by atoms with Gasteiger partial charge in [0.25, 0.3) is 0 Å². The number of unbranched alkanes of at least 4 members (excludes halogenated alkanes) is 8. The van der Waals surface area contributed by atoms with Crippen LogP contribution in [0.15, 0.2) is 0 Å². The largest absolute Gasteiger partial charge is 0.479 e. The van der Waals surface area contributed by atoms with Crippen LogP contribution in [0.1, 0.15) is 85.0 Å². The quantitative estimate of drug-likeness (QED) is 0.287. The van der Waals surface area contributed by atoms with E-state index in [0.717, 1.165) is 19.3 Å². The van der Waals surface area contributed by atoms with Gasteiger partial charge in [0.1, 0.15) is 0 Å². The Labute approximate surface area is 173 Å². The molecule has 0 aromatic carbocycles. The fourth-order valence-corrected chi connectivity index (χ4v) is 2.20. The van der Waals surface area contributed by atoms with E-state index in [1.165, 1.54) is 52.4 Å². The summed E-state index contributed by atoms with van der Waals surface area (Å²) in [6.07, 6.45) is 8.31. The van der Waals surface area contributed by atoms with Gasteiger partial charge in [0.05, 0.1) is 0 Å². The van der Waals surface area contributed by atoms with Crippen LogP contribution >= 0.6 is 0 Å². The maximum absolute atomic E-state index is 11.6. The zero-order chi connectivity index (χ0) is 18.4. The molecule has 1 N–H and O–H groups in total. The second-order valence-electron chi connectivity index (χ2n) is 6.13. The molecule has 2 atom stereocenters. The molecule has 0 saturated heterocycles. The SMILES string of the molecule is CCCCCCCCCCCC(=O)OC(C)C(=O)OC(C)C(=O)O.[Na]. The van der Waals surface area contributed by atoms with Crippen molar-refractivity contribution in [3.05, 3.63) is 0 Å². The average Bonchev–Trinajstić information content (AvgIpc) is 2.52. The molecule has 0 aliphatic rings. The van der Waals surface area contributed by atoms with Crippen LogP contribution in [-0.2, 0) is 23.9 Å². The van der Waals surface area contributed by atoms with Crippen LogP contribution in [0, 0.1) is 0 Å². The molecule has 0 aromatic rings. The summed E-state index contributed by atoms with van der Waals surface area (Å²) in [6.45, 7) is 4.83. The first-order valence-electron chi connectivity index (χ1n) is 9.01. The van der Waals surface area contributed by atoms with Crippen molar-refractivity contribution in [3.8, 4) is 0 Å². The summed E-state index contributed by atoms with van der Waals surface area (Å²) in [5.74, 6) is -2.53. The fraction of sp³-hybridized carbons (Fsp3) is 0.833. The third-order valence-electron chi connectivity index (χ3n) is 3.77. The van der Waals surface area contributed by atoms with Crippen LogP contribution in [0.2, 0.25) is 0 Å². The van der Waals surface area contributed by atoms with Crippen LogP contribution in [0.4, 0.5) is 0 Å². The summed E-state index contributed by atoms with van der Waals surface area (Å²) in [5.41, 5.74) is 0. The normalized spacial score (nSPS) is 12.6. The number of hydrogen-bond acceptors (Lipinski definition) is 5. The van der Waals surface area contributed by atoms with Crippen molar-refractivity contribution in [1.82, 2.24) is 0 Å². The minimum Gasteiger partial charge on any atom is -0.479 e. The Bertz CT molecular complexity index is 386. The molecule has 141 valence electrons. The van der Waals surface area contributed by atoms with Crippen molar-refractivity contribution < 1.29 is 29.0 Å². The number of carboxylic acids is 1. The second-order valence-corrected chi connectivity index (χ2v) is 6.13. The van der Waals surface area contributed by atoms with Gasteiger partial charge in [-0.1, -0.05) is 58.3 Å². The molecule has 0 amide bonds. The Morgan fingerprint density at radius 2 is 1.28 bits per heavy atom. The Hall–Kier alpha value is -0.590. The molecule has 0 rings (SSSR count). The minimum absolute atomic E-state index is 0. The summed E-state index contributed by atoms with van der Waals surface area (Å²) >= 11 is 0. The van der Waals surface area contributed by atoms with Crippen molar-refractivity contribution in [2.45, 2.75) is 97.2 Å². The molecule has 0 aliphatic carbocycles. The van der Waals surface area contributed by atoms with Crippen molar-refractivity contribution in [2.75, 3.05) is 0 Å². The van der Waals surface area contributed by atoms with Crippen LogP contribution in [0.5, 0.6) is 0 Å². The Morgan fingerprint density at radius 1 is 0.800 bits per heavy atom. The summed E-state index contributed by atoms with van der Waals surface area (Å²) in [5, 5.41) is 8.66. The van der Waals surface area contributed by atoms with Crippen molar-refractivity contribution >= 4 is 47.5 Å². The van der Waals surface area contributed by atoms with Gasteiger partial charge in [-0.25, -0.2) is 9.59 Å². The second kappa shape index (κ2) is 16.9. The summed E-state index contributed by atoms with van der Waals surface area (Å²) in [4.78, 5) is 33.8. The molecular weight excluding hydrogens is 335 g/mol. The van der Waals surface area contributed by atoms with E-state index in [4.69, 9.17) is 9.84 Å². The van der Waals surface area contributed by atoms with E-state index in [1.54, 1.807) is 0 Å². The molecular formula is C18H32NaO6. The number of carboxylic acid groups (broad SMARTS) is 1. The predicted molar refractivity (Wildman–Crippen MR) is 96.3 cm³/mol. The third-order valence-corrected chi connectivity index (χ3v) is 3.77. The maximum atomic E-state index is 11.6. The zero-order valence-corrected chi connectivity index (χ0v) is 18.2. The number of esters is 2. The number of hydrogen-bond donors (Lipinski definition) is 1. The van der Waals surface area contributed by atoms with Gasteiger partial charge >= 0.3 is 17.9 Å². The number of carbonyl (C=O) groups excluding carboxylic acids is 2. The van der Waals surface area contributed by atoms with Gasteiger partial charge in [-0.2, -0.15) is 0 Å². The standard InChI is InChI=1S/C18H32O6.Na/c1-4-5-6-7-8-9-10-11-12-13-16(19)23-15(3)18(22)24-14(2)17(20)21;/h14-15H,4-13H2,1-3H3,(H,20,21);. The molecule has 25 heavy (non-hydrogen) atoms. The molecule has 1 radical (unpaired) electrons.